The van der Waals surface area contributed by atoms with Gasteiger partial charge in [-0.05, 0) is 55.0 Å². The summed E-state index contributed by atoms with van der Waals surface area (Å²) in [6.07, 6.45) is 1.04. The van der Waals surface area contributed by atoms with E-state index >= 15 is 0 Å². The lowest BCUT2D eigenvalue weighted by molar-refractivity contribution is 0.352. The number of hydrogen-bond acceptors (Lipinski definition) is 1. The molecule has 0 heterocycles. The van der Waals surface area contributed by atoms with Crippen molar-refractivity contribution in [2.75, 3.05) is 13.1 Å². The maximum atomic E-state index is 6.31. The number of nitrogens with one attached hydrogen (secondary N) is 1. The van der Waals surface area contributed by atoms with Crippen molar-refractivity contribution in [1.29, 1.82) is 0 Å². The summed E-state index contributed by atoms with van der Waals surface area (Å²) in [5.74, 6) is 1.97. The lowest BCUT2D eigenvalue weighted by Gasteiger charge is -2.22. The fourth-order valence-electron chi connectivity index (χ4n) is 2.07. The minimum atomic E-state index is 0.623. The number of hydrogen-bond donors (Lipinski definition) is 1. The highest BCUT2D eigenvalue weighted by Gasteiger charge is 2.15. The van der Waals surface area contributed by atoms with Gasteiger partial charge in [-0.3, -0.25) is 0 Å². The smallest absolute Gasteiger partial charge is 0.0449 e. The van der Waals surface area contributed by atoms with Crippen LogP contribution in [-0.2, 0) is 6.42 Å². The summed E-state index contributed by atoms with van der Waals surface area (Å²) in [6, 6.07) is 6.18. The average Bonchev–Trinajstić information content (AvgIpc) is 2.30. The molecule has 1 atom stereocenters. The van der Waals surface area contributed by atoms with E-state index in [4.69, 9.17) is 11.6 Å². The van der Waals surface area contributed by atoms with E-state index in [1.807, 2.05) is 6.07 Å². The van der Waals surface area contributed by atoms with Crippen molar-refractivity contribution in [3.8, 4) is 0 Å². The van der Waals surface area contributed by atoms with Crippen LogP contribution in [0.15, 0.2) is 22.7 Å². The Morgan fingerprint density at radius 2 is 1.84 bits per heavy atom. The molecule has 0 amide bonds. The molecule has 108 valence electrons. The molecule has 0 fully saturated rings. The van der Waals surface area contributed by atoms with Crippen LogP contribution in [0.25, 0.3) is 0 Å². The Hall–Kier alpha value is -0.0500. The van der Waals surface area contributed by atoms with E-state index < -0.39 is 0 Å². The zero-order valence-electron chi connectivity index (χ0n) is 12.3. The Bertz CT molecular complexity index is 390. The first-order valence-corrected chi connectivity index (χ1v) is 8.22. The van der Waals surface area contributed by atoms with Crippen molar-refractivity contribution in [3.63, 3.8) is 0 Å². The van der Waals surface area contributed by atoms with Crippen LogP contribution in [0.1, 0.15) is 33.3 Å². The minimum Gasteiger partial charge on any atom is -0.316 e. The molecule has 1 nitrogen and oxygen atoms in total. The third-order valence-electron chi connectivity index (χ3n) is 3.40. The van der Waals surface area contributed by atoms with Crippen LogP contribution < -0.4 is 5.32 Å². The van der Waals surface area contributed by atoms with Gasteiger partial charge in [0.15, 0.2) is 0 Å². The van der Waals surface area contributed by atoms with Gasteiger partial charge in [0.1, 0.15) is 0 Å². The number of rotatable bonds is 7. The van der Waals surface area contributed by atoms with Gasteiger partial charge in [-0.2, -0.15) is 0 Å². The first-order valence-electron chi connectivity index (χ1n) is 7.04. The fourth-order valence-corrected chi connectivity index (χ4v) is 2.82. The van der Waals surface area contributed by atoms with E-state index in [2.05, 4.69) is 61.1 Å². The van der Waals surface area contributed by atoms with Gasteiger partial charge >= 0.3 is 0 Å². The van der Waals surface area contributed by atoms with Crippen LogP contribution >= 0.6 is 27.5 Å². The largest absolute Gasteiger partial charge is 0.316 e. The van der Waals surface area contributed by atoms with Crippen LogP contribution in [0.4, 0.5) is 0 Å². The topological polar surface area (TPSA) is 12.0 Å². The molecule has 1 rings (SSSR count). The molecular formula is C16H25BrClN. The Labute approximate surface area is 131 Å². The summed E-state index contributed by atoms with van der Waals surface area (Å²) in [4.78, 5) is 0. The van der Waals surface area contributed by atoms with Crippen molar-refractivity contribution in [2.24, 2.45) is 17.8 Å². The Morgan fingerprint density at radius 3 is 2.37 bits per heavy atom. The predicted octanol–water partition coefficient (Wildman–Crippen LogP) is 5.16. The quantitative estimate of drug-likeness (QED) is 0.719. The first kappa shape index (κ1) is 17.0. The third-order valence-corrected chi connectivity index (χ3v) is 4.24. The molecule has 3 heteroatoms. The summed E-state index contributed by atoms with van der Waals surface area (Å²) in [5.41, 5.74) is 1.25. The molecule has 0 bridgehead atoms. The van der Waals surface area contributed by atoms with Gasteiger partial charge in [0, 0.05) is 9.50 Å². The van der Waals surface area contributed by atoms with Crippen molar-refractivity contribution in [2.45, 2.75) is 34.1 Å². The standard InChI is InChI=1S/C16H25BrClN/c1-11(2)9-19-10-14(12(3)4)7-13-5-6-15(17)8-16(13)18/h5-6,8,11-12,14,19H,7,9-10H2,1-4H3. The van der Waals surface area contributed by atoms with Crippen molar-refractivity contribution < 1.29 is 0 Å². The third kappa shape index (κ3) is 6.29. The van der Waals surface area contributed by atoms with E-state index in [1.165, 1.54) is 5.56 Å². The molecule has 1 N–H and O–H groups in total. The van der Waals surface area contributed by atoms with Gasteiger partial charge in [-0.1, -0.05) is 61.3 Å². The van der Waals surface area contributed by atoms with E-state index in [-0.39, 0.29) is 0 Å². The lowest BCUT2D eigenvalue weighted by Crippen LogP contribution is -2.30. The molecule has 0 aliphatic heterocycles. The summed E-state index contributed by atoms with van der Waals surface area (Å²) < 4.78 is 1.04. The molecule has 1 aromatic rings. The Balaban J connectivity index is 2.62. The molecule has 0 saturated heterocycles. The van der Waals surface area contributed by atoms with Gasteiger partial charge in [0.25, 0.3) is 0 Å². The van der Waals surface area contributed by atoms with Crippen LogP contribution in [0.5, 0.6) is 0 Å². The molecule has 1 unspecified atom stereocenters. The fraction of sp³-hybridized carbons (Fsp3) is 0.625. The lowest BCUT2D eigenvalue weighted by atomic mass is 9.89. The second-order valence-corrected chi connectivity index (χ2v) is 7.32. The van der Waals surface area contributed by atoms with Crippen molar-refractivity contribution in [3.05, 3.63) is 33.3 Å². The zero-order chi connectivity index (χ0) is 14.4. The van der Waals surface area contributed by atoms with Gasteiger partial charge < -0.3 is 5.32 Å². The van der Waals surface area contributed by atoms with Crippen LogP contribution in [-0.4, -0.2) is 13.1 Å². The van der Waals surface area contributed by atoms with E-state index in [1.54, 1.807) is 0 Å². The van der Waals surface area contributed by atoms with Gasteiger partial charge in [-0.15, -0.1) is 0 Å². The van der Waals surface area contributed by atoms with E-state index in [0.717, 1.165) is 29.0 Å². The molecule has 0 saturated carbocycles. The van der Waals surface area contributed by atoms with Gasteiger partial charge in [0.05, 0.1) is 0 Å². The Kier molecular flexibility index (Phi) is 7.41. The monoisotopic (exact) mass is 345 g/mol. The summed E-state index contributed by atoms with van der Waals surface area (Å²) in [6.45, 7) is 11.2. The second-order valence-electron chi connectivity index (χ2n) is 6.00. The highest BCUT2D eigenvalue weighted by molar-refractivity contribution is 9.10. The summed E-state index contributed by atoms with van der Waals surface area (Å²) in [7, 11) is 0. The van der Waals surface area contributed by atoms with Crippen molar-refractivity contribution >= 4 is 27.5 Å². The first-order chi connectivity index (χ1) is 8.90. The maximum Gasteiger partial charge on any atom is 0.0449 e. The van der Waals surface area contributed by atoms with Crippen LogP contribution in [0.2, 0.25) is 5.02 Å². The number of benzene rings is 1. The molecule has 0 aliphatic carbocycles. The van der Waals surface area contributed by atoms with E-state index in [9.17, 15) is 0 Å². The maximum absolute atomic E-state index is 6.31. The van der Waals surface area contributed by atoms with Crippen molar-refractivity contribution in [1.82, 2.24) is 5.32 Å². The molecule has 0 aromatic heterocycles. The van der Waals surface area contributed by atoms with Crippen LogP contribution in [0, 0.1) is 17.8 Å². The SMILES string of the molecule is CC(C)CNCC(Cc1ccc(Br)cc1Cl)C(C)C. The Morgan fingerprint density at radius 1 is 1.16 bits per heavy atom. The van der Waals surface area contributed by atoms with Gasteiger partial charge in [-0.25, -0.2) is 0 Å². The normalized spacial score (nSPS) is 13.3. The number of halogens is 2. The van der Waals surface area contributed by atoms with Gasteiger partial charge in [0.2, 0.25) is 0 Å². The molecule has 0 radical (unpaired) electrons. The molecule has 0 aliphatic rings. The summed E-state index contributed by atoms with van der Waals surface area (Å²) in [5, 5.41) is 4.43. The van der Waals surface area contributed by atoms with E-state index in [0.29, 0.717) is 17.8 Å². The molecular weight excluding hydrogens is 322 g/mol. The second kappa shape index (κ2) is 8.28. The zero-order valence-corrected chi connectivity index (χ0v) is 14.7. The minimum absolute atomic E-state index is 0.623. The predicted molar refractivity (Wildman–Crippen MR) is 88.9 cm³/mol. The molecule has 0 spiro atoms. The highest BCUT2D eigenvalue weighted by atomic mass is 79.9. The highest BCUT2D eigenvalue weighted by Crippen LogP contribution is 2.25. The molecule has 1 aromatic carbocycles. The molecule has 19 heavy (non-hydrogen) atoms. The summed E-state index contributed by atoms with van der Waals surface area (Å²) >= 11 is 9.76. The average molecular weight is 347 g/mol. The van der Waals surface area contributed by atoms with Crippen LogP contribution in [0.3, 0.4) is 0 Å².